The average Bonchev–Trinajstić information content (AvgIpc) is 3.21. The maximum absolute atomic E-state index is 12.2. The molecule has 1 amide bonds. The third-order valence-electron chi connectivity index (χ3n) is 3.72. The molecule has 6 nitrogen and oxygen atoms in total. The summed E-state index contributed by atoms with van der Waals surface area (Å²) in [6.45, 7) is 0.523. The molecule has 3 heterocycles. The summed E-state index contributed by atoms with van der Waals surface area (Å²) in [5.74, 6) is -0.227. The van der Waals surface area contributed by atoms with E-state index in [0.29, 0.717) is 22.8 Å². The van der Waals surface area contributed by atoms with Crippen LogP contribution in [0.3, 0.4) is 0 Å². The van der Waals surface area contributed by atoms with Crippen molar-refractivity contribution in [1.29, 1.82) is 0 Å². The van der Waals surface area contributed by atoms with E-state index in [1.807, 2.05) is 35.0 Å². The number of benzene rings is 1. The fourth-order valence-electron chi connectivity index (χ4n) is 2.58. The molecule has 7 heteroatoms. The Morgan fingerprint density at radius 2 is 2.08 bits per heavy atom. The van der Waals surface area contributed by atoms with Crippen LogP contribution in [-0.2, 0) is 6.54 Å². The predicted molar refractivity (Wildman–Crippen MR) is 95.9 cm³/mol. The molecule has 0 fully saturated rings. The number of hydrogen-bond donors (Lipinski definition) is 1. The van der Waals surface area contributed by atoms with E-state index in [2.05, 4.69) is 15.4 Å². The molecule has 0 radical (unpaired) electrons. The van der Waals surface area contributed by atoms with E-state index in [-0.39, 0.29) is 5.91 Å². The highest BCUT2D eigenvalue weighted by Gasteiger charge is 2.09. The molecule has 0 saturated carbocycles. The largest absolute Gasteiger partial charge is 0.319 e. The predicted octanol–water partition coefficient (Wildman–Crippen LogP) is 3.48. The molecule has 3 aromatic heterocycles. The van der Waals surface area contributed by atoms with Gasteiger partial charge in [-0.3, -0.25) is 9.48 Å². The summed E-state index contributed by atoms with van der Waals surface area (Å²) in [7, 11) is 0. The first kappa shape index (κ1) is 15.4. The fraction of sp³-hybridized carbons (Fsp3) is 0.0556. The summed E-state index contributed by atoms with van der Waals surface area (Å²) in [6, 6.07) is 12.7. The minimum atomic E-state index is -0.227. The number of anilines is 1. The maximum Gasteiger partial charge on any atom is 0.255 e. The first-order chi connectivity index (χ1) is 12.2. The van der Waals surface area contributed by atoms with E-state index in [4.69, 9.17) is 11.6 Å². The molecule has 25 heavy (non-hydrogen) atoms. The van der Waals surface area contributed by atoms with E-state index < -0.39 is 0 Å². The van der Waals surface area contributed by atoms with Crippen LogP contribution in [0.1, 0.15) is 16.1 Å². The highest BCUT2D eigenvalue weighted by Crippen LogP contribution is 2.14. The molecule has 1 aromatic carbocycles. The quantitative estimate of drug-likeness (QED) is 0.612. The van der Waals surface area contributed by atoms with Crippen LogP contribution in [-0.4, -0.2) is 25.1 Å². The number of carbonyl (C=O) groups excluding carboxylic acids is 1. The lowest BCUT2D eigenvalue weighted by molar-refractivity contribution is 0.102. The monoisotopic (exact) mass is 351 g/mol. The molecule has 4 aromatic rings. The summed E-state index contributed by atoms with van der Waals surface area (Å²) < 4.78 is 3.69. The second-order valence-corrected chi connectivity index (χ2v) is 6.03. The van der Waals surface area contributed by atoms with Gasteiger partial charge < -0.3 is 9.72 Å². The third kappa shape index (κ3) is 3.39. The van der Waals surface area contributed by atoms with E-state index in [9.17, 15) is 4.79 Å². The zero-order valence-corrected chi connectivity index (χ0v) is 13.9. The molecule has 124 valence electrons. The fourth-order valence-corrected chi connectivity index (χ4v) is 2.77. The van der Waals surface area contributed by atoms with Gasteiger partial charge in [-0.2, -0.15) is 5.10 Å². The first-order valence-electron chi connectivity index (χ1n) is 7.69. The van der Waals surface area contributed by atoms with Gasteiger partial charge in [0.1, 0.15) is 5.65 Å². The topological polar surface area (TPSA) is 64.2 Å². The standard InChI is InChI=1S/C18H14ClN5O/c19-14-5-3-4-13(8-14)18(25)22-15-9-20-24(11-15)12-16-10-23-7-2-1-6-17(23)21-16/h1-11H,12H2,(H,22,25). The van der Waals surface area contributed by atoms with Crippen molar-refractivity contribution in [2.45, 2.75) is 6.54 Å². The Hall–Kier alpha value is -3.12. The number of amides is 1. The number of imidazole rings is 1. The highest BCUT2D eigenvalue weighted by molar-refractivity contribution is 6.31. The molecule has 0 aliphatic heterocycles. The van der Waals surface area contributed by atoms with Crippen molar-refractivity contribution < 1.29 is 4.79 Å². The molecule has 0 aliphatic rings. The van der Waals surface area contributed by atoms with Crippen LogP contribution in [0.5, 0.6) is 0 Å². The minimum absolute atomic E-state index is 0.227. The number of hydrogen-bond acceptors (Lipinski definition) is 3. The van der Waals surface area contributed by atoms with Gasteiger partial charge in [0, 0.05) is 29.2 Å². The molecule has 0 bridgehead atoms. The number of carbonyl (C=O) groups is 1. The van der Waals surface area contributed by atoms with Gasteiger partial charge in [-0.25, -0.2) is 4.98 Å². The van der Waals surface area contributed by atoms with Gasteiger partial charge in [0.2, 0.25) is 0 Å². The number of nitrogens with one attached hydrogen (secondary N) is 1. The van der Waals surface area contributed by atoms with Gasteiger partial charge in [-0.15, -0.1) is 0 Å². The first-order valence-corrected chi connectivity index (χ1v) is 8.07. The van der Waals surface area contributed by atoms with Crippen molar-refractivity contribution in [3.63, 3.8) is 0 Å². The van der Waals surface area contributed by atoms with Crippen LogP contribution in [0.25, 0.3) is 5.65 Å². The van der Waals surface area contributed by atoms with Gasteiger partial charge in [0.05, 0.1) is 24.1 Å². The third-order valence-corrected chi connectivity index (χ3v) is 3.95. The maximum atomic E-state index is 12.2. The summed E-state index contributed by atoms with van der Waals surface area (Å²) in [4.78, 5) is 16.8. The van der Waals surface area contributed by atoms with Crippen molar-refractivity contribution in [3.8, 4) is 0 Å². The summed E-state index contributed by atoms with van der Waals surface area (Å²) in [6.07, 6.45) is 7.29. The molecule has 0 aliphatic carbocycles. The van der Waals surface area contributed by atoms with Crippen LogP contribution in [0.4, 0.5) is 5.69 Å². The van der Waals surface area contributed by atoms with Crippen molar-refractivity contribution >= 4 is 28.8 Å². The molecular formula is C18H14ClN5O. The lowest BCUT2D eigenvalue weighted by Crippen LogP contribution is -2.11. The van der Waals surface area contributed by atoms with Crippen LogP contribution in [0, 0.1) is 0 Å². The van der Waals surface area contributed by atoms with Crippen molar-refractivity contribution in [2.75, 3.05) is 5.32 Å². The van der Waals surface area contributed by atoms with E-state index in [0.717, 1.165) is 11.3 Å². The van der Waals surface area contributed by atoms with Crippen LogP contribution >= 0.6 is 11.6 Å². The van der Waals surface area contributed by atoms with Crippen LogP contribution < -0.4 is 5.32 Å². The lowest BCUT2D eigenvalue weighted by Gasteiger charge is -2.02. The Kier molecular flexibility index (Phi) is 3.95. The SMILES string of the molecule is O=C(Nc1cnn(Cc2cn3ccccc3n2)c1)c1cccc(Cl)c1. The summed E-state index contributed by atoms with van der Waals surface area (Å²) >= 11 is 5.91. The molecule has 4 rings (SSSR count). The van der Waals surface area contributed by atoms with E-state index in [1.165, 1.54) is 0 Å². The average molecular weight is 352 g/mol. The molecule has 0 spiro atoms. The highest BCUT2D eigenvalue weighted by atomic mass is 35.5. The molecule has 0 atom stereocenters. The van der Waals surface area contributed by atoms with Gasteiger partial charge >= 0.3 is 0 Å². The summed E-state index contributed by atoms with van der Waals surface area (Å²) in [5.41, 5.74) is 2.90. The number of fused-ring (bicyclic) bond motifs is 1. The van der Waals surface area contributed by atoms with Crippen molar-refractivity contribution in [3.05, 3.63) is 83.5 Å². The van der Waals surface area contributed by atoms with Gasteiger partial charge in [-0.1, -0.05) is 23.7 Å². The smallest absolute Gasteiger partial charge is 0.255 e. The molecule has 1 N–H and O–H groups in total. The van der Waals surface area contributed by atoms with Crippen molar-refractivity contribution in [2.24, 2.45) is 0 Å². The number of pyridine rings is 1. The number of halogens is 1. The zero-order chi connectivity index (χ0) is 17.2. The molecular weight excluding hydrogens is 338 g/mol. The number of rotatable bonds is 4. The van der Waals surface area contributed by atoms with E-state index in [1.54, 1.807) is 41.3 Å². The second kappa shape index (κ2) is 6.41. The number of nitrogens with zero attached hydrogens (tertiary/aromatic N) is 4. The Labute approximate surface area is 148 Å². The Balaban J connectivity index is 1.47. The van der Waals surface area contributed by atoms with Crippen molar-refractivity contribution in [1.82, 2.24) is 19.2 Å². The van der Waals surface area contributed by atoms with Gasteiger partial charge in [0.15, 0.2) is 0 Å². The van der Waals surface area contributed by atoms with E-state index >= 15 is 0 Å². The van der Waals surface area contributed by atoms with Gasteiger partial charge in [0.25, 0.3) is 5.91 Å². The number of aromatic nitrogens is 4. The normalized spacial score (nSPS) is 10.9. The zero-order valence-electron chi connectivity index (χ0n) is 13.1. The van der Waals surface area contributed by atoms with Crippen LogP contribution in [0.2, 0.25) is 5.02 Å². The Morgan fingerprint density at radius 3 is 2.92 bits per heavy atom. The van der Waals surface area contributed by atoms with Crippen LogP contribution in [0.15, 0.2) is 67.3 Å². The second-order valence-electron chi connectivity index (χ2n) is 5.59. The molecule has 0 saturated heterocycles. The Morgan fingerprint density at radius 1 is 1.16 bits per heavy atom. The summed E-state index contributed by atoms with van der Waals surface area (Å²) in [5, 5.41) is 7.61. The molecule has 0 unspecified atom stereocenters. The van der Waals surface area contributed by atoms with Gasteiger partial charge in [-0.05, 0) is 30.3 Å². The lowest BCUT2D eigenvalue weighted by atomic mass is 10.2. The minimum Gasteiger partial charge on any atom is -0.319 e. The Bertz CT molecular complexity index is 1020.